The number of carbonyl (C=O) groups excluding carboxylic acids is 2. The molecule has 1 heterocycles. The number of rotatable bonds is 8. The molecule has 0 spiro atoms. The fourth-order valence-electron chi connectivity index (χ4n) is 4.14. The minimum atomic E-state index is -4.47. The molecule has 6 nitrogen and oxygen atoms in total. The van der Waals surface area contributed by atoms with Crippen LogP contribution in [0.3, 0.4) is 0 Å². The topological polar surface area (TPSA) is 75.4 Å². The van der Waals surface area contributed by atoms with Gasteiger partial charge in [0.1, 0.15) is 0 Å². The van der Waals surface area contributed by atoms with Crippen molar-refractivity contribution in [3.63, 3.8) is 0 Å². The molecule has 1 saturated carbocycles. The Labute approximate surface area is 197 Å². The SMILES string of the molecule is CCC(C)C(=O)N(Cc1c(C(=O)NC2CCCC2)noc1-c1ccc(C(F)(F)F)cc1)C(C)C. The van der Waals surface area contributed by atoms with E-state index in [0.29, 0.717) is 17.5 Å². The van der Waals surface area contributed by atoms with Crippen LogP contribution in [0.25, 0.3) is 11.3 Å². The van der Waals surface area contributed by atoms with Crippen molar-refractivity contribution in [3.8, 4) is 11.3 Å². The molecule has 0 bridgehead atoms. The summed E-state index contributed by atoms with van der Waals surface area (Å²) in [7, 11) is 0. The predicted molar refractivity (Wildman–Crippen MR) is 122 cm³/mol. The van der Waals surface area contributed by atoms with Crippen molar-refractivity contribution < 1.29 is 27.3 Å². The first-order valence-electron chi connectivity index (χ1n) is 11.8. The van der Waals surface area contributed by atoms with Gasteiger partial charge in [-0.3, -0.25) is 9.59 Å². The van der Waals surface area contributed by atoms with Crippen molar-refractivity contribution in [1.82, 2.24) is 15.4 Å². The number of hydrogen-bond donors (Lipinski definition) is 1. The summed E-state index contributed by atoms with van der Waals surface area (Å²) in [5.74, 6) is -0.497. The zero-order chi connectivity index (χ0) is 25.0. The van der Waals surface area contributed by atoms with Gasteiger partial charge in [-0.05, 0) is 45.2 Å². The van der Waals surface area contributed by atoms with Gasteiger partial charge in [0.05, 0.1) is 17.7 Å². The highest BCUT2D eigenvalue weighted by Crippen LogP contribution is 2.33. The molecule has 1 fully saturated rings. The van der Waals surface area contributed by atoms with Crippen molar-refractivity contribution in [3.05, 3.63) is 41.1 Å². The second kappa shape index (κ2) is 10.6. The van der Waals surface area contributed by atoms with Gasteiger partial charge < -0.3 is 14.7 Å². The van der Waals surface area contributed by atoms with Gasteiger partial charge in [-0.25, -0.2) is 0 Å². The summed E-state index contributed by atoms with van der Waals surface area (Å²) in [6.45, 7) is 7.59. The third-order valence-electron chi connectivity index (χ3n) is 6.44. The molecular weight excluding hydrogens is 447 g/mol. The molecule has 1 N–H and O–H groups in total. The average molecular weight is 480 g/mol. The Balaban J connectivity index is 2.01. The summed E-state index contributed by atoms with van der Waals surface area (Å²) in [6, 6.07) is 4.40. The molecule has 1 aliphatic rings. The lowest BCUT2D eigenvalue weighted by molar-refractivity contribution is -0.138. The first-order valence-corrected chi connectivity index (χ1v) is 11.8. The highest BCUT2D eigenvalue weighted by atomic mass is 19.4. The van der Waals surface area contributed by atoms with E-state index >= 15 is 0 Å². The Morgan fingerprint density at radius 3 is 2.29 bits per heavy atom. The summed E-state index contributed by atoms with van der Waals surface area (Å²) in [5, 5.41) is 6.98. The number of nitrogens with zero attached hydrogens (tertiary/aromatic N) is 2. The van der Waals surface area contributed by atoms with E-state index in [-0.39, 0.29) is 41.9 Å². The molecule has 0 saturated heterocycles. The van der Waals surface area contributed by atoms with Crippen molar-refractivity contribution in [2.45, 2.75) is 84.6 Å². The molecule has 2 aromatic rings. The highest BCUT2D eigenvalue weighted by molar-refractivity contribution is 5.95. The van der Waals surface area contributed by atoms with Gasteiger partial charge in [-0.15, -0.1) is 0 Å². The Hall–Kier alpha value is -2.84. The second-order valence-electron chi connectivity index (χ2n) is 9.24. The first kappa shape index (κ1) is 25.8. The molecule has 34 heavy (non-hydrogen) atoms. The van der Waals surface area contributed by atoms with Crippen molar-refractivity contribution in [1.29, 1.82) is 0 Å². The number of halogens is 3. The zero-order valence-corrected chi connectivity index (χ0v) is 20.0. The average Bonchev–Trinajstić information content (AvgIpc) is 3.45. The standard InChI is InChI=1S/C25H32F3N3O3/c1-5-16(4)24(33)31(15(2)3)14-20-21(23(32)29-19-8-6-7-9-19)30-34-22(20)17-10-12-18(13-11-17)25(26,27)28/h10-13,15-16,19H,5-9,14H2,1-4H3,(H,29,32). The monoisotopic (exact) mass is 479 g/mol. The van der Waals surface area contributed by atoms with Crippen LogP contribution in [-0.4, -0.2) is 34.0 Å². The van der Waals surface area contributed by atoms with Gasteiger partial charge in [-0.1, -0.05) is 44.0 Å². The van der Waals surface area contributed by atoms with Crippen LogP contribution >= 0.6 is 0 Å². The Bertz CT molecular complexity index is 993. The lowest BCUT2D eigenvalue weighted by Crippen LogP contribution is -2.40. The number of hydrogen-bond acceptors (Lipinski definition) is 4. The molecule has 1 aromatic carbocycles. The maximum atomic E-state index is 13.1. The predicted octanol–water partition coefficient (Wildman–Crippen LogP) is 5.82. The van der Waals surface area contributed by atoms with Crippen LogP contribution in [0.1, 0.15) is 81.4 Å². The summed E-state index contributed by atoms with van der Waals surface area (Å²) in [6.07, 6.45) is 0.0409. The summed E-state index contributed by atoms with van der Waals surface area (Å²) in [4.78, 5) is 27.8. The van der Waals surface area contributed by atoms with Gasteiger partial charge in [-0.2, -0.15) is 13.2 Å². The Kier molecular flexibility index (Phi) is 8.05. The maximum Gasteiger partial charge on any atom is 0.416 e. The first-order chi connectivity index (χ1) is 16.0. The maximum absolute atomic E-state index is 13.1. The van der Waals surface area contributed by atoms with Crippen LogP contribution < -0.4 is 5.32 Å². The van der Waals surface area contributed by atoms with E-state index in [1.807, 2.05) is 27.7 Å². The zero-order valence-electron chi connectivity index (χ0n) is 20.0. The molecular formula is C25H32F3N3O3. The fraction of sp³-hybridized carbons (Fsp3) is 0.560. The molecule has 1 aromatic heterocycles. The van der Waals surface area contributed by atoms with Crippen LogP contribution in [0.4, 0.5) is 13.2 Å². The molecule has 2 amide bonds. The second-order valence-corrected chi connectivity index (χ2v) is 9.24. The fourth-order valence-corrected chi connectivity index (χ4v) is 4.14. The molecule has 9 heteroatoms. The van der Waals surface area contributed by atoms with Gasteiger partial charge >= 0.3 is 6.18 Å². The van der Waals surface area contributed by atoms with E-state index in [1.165, 1.54) is 12.1 Å². The molecule has 186 valence electrons. The van der Waals surface area contributed by atoms with E-state index in [4.69, 9.17) is 4.52 Å². The minimum absolute atomic E-state index is 0.0505. The number of carbonyl (C=O) groups is 2. The van der Waals surface area contributed by atoms with Crippen molar-refractivity contribution in [2.24, 2.45) is 5.92 Å². The molecule has 0 aliphatic heterocycles. The van der Waals surface area contributed by atoms with Gasteiger partial charge in [0, 0.05) is 23.6 Å². The third-order valence-corrected chi connectivity index (χ3v) is 6.44. The summed E-state index contributed by atoms with van der Waals surface area (Å²) in [5.41, 5.74) is 0.0207. The van der Waals surface area contributed by atoms with E-state index in [1.54, 1.807) is 4.90 Å². The molecule has 0 radical (unpaired) electrons. The highest BCUT2D eigenvalue weighted by Gasteiger charge is 2.32. The van der Waals surface area contributed by atoms with Crippen LogP contribution in [0, 0.1) is 5.92 Å². The van der Waals surface area contributed by atoms with Gasteiger partial charge in [0.2, 0.25) is 5.91 Å². The van der Waals surface area contributed by atoms with E-state index in [0.717, 1.165) is 37.8 Å². The molecule has 1 atom stereocenters. The quantitative estimate of drug-likeness (QED) is 0.518. The normalized spacial score (nSPS) is 15.5. The van der Waals surface area contributed by atoms with E-state index in [9.17, 15) is 22.8 Å². The number of amides is 2. The van der Waals surface area contributed by atoms with Crippen LogP contribution in [0.15, 0.2) is 28.8 Å². The number of benzene rings is 1. The molecule has 1 aliphatic carbocycles. The van der Waals surface area contributed by atoms with Crippen molar-refractivity contribution in [2.75, 3.05) is 0 Å². The van der Waals surface area contributed by atoms with Crippen LogP contribution in [0.5, 0.6) is 0 Å². The summed E-state index contributed by atoms with van der Waals surface area (Å²) < 4.78 is 44.6. The van der Waals surface area contributed by atoms with Crippen LogP contribution in [0.2, 0.25) is 0 Å². The van der Waals surface area contributed by atoms with Gasteiger partial charge in [0.15, 0.2) is 11.5 Å². The lowest BCUT2D eigenvalue weighted by atomic mass is 10.0. The summed E-state index contributed by atoms with van der Waals surface area (Å²) >= 11 is 0. The number of alkyl halides is 3. The number of nitrogens with one attached hydrogen (secondary N) is 1. The van der Waals surface area contributed by atoms with E-state index < -0.39 is 17.6 Å². The Morgan fingerprint density at radius 1 is 1.15 bits per heavy atom. The van der Waals surface area contributed by atoms with E-state index in [2.05, 4.69) is 10.5 Å². The minimum Gasteiger partial charge on any atom is -0.355 e. The number of aromatic nitrogens is 1. The smallest absolute Gasteiger partial charge is 0.355 e. The van der Waals surface area contributed by atoms with Crippen molar-refractivity contribution >= 4 is 11.8 Å². The Morgan fingerprint density at radius 2 is 1.76 bits per heavy atom. The van der Waals surface area contributed by atoms with Crippen LogP contribution in [-0.2, 0) is 17.5 Å². The molecule has 3 rings (SSSR count). The molecule has 1 unspecified atom stereocenters. The van der Waals surface area contributed by atoms with Gasteiger partial charge in [0.25, 0.3) is 5.91 Å². The third kappa shape index (κ3) is 5.80. The lowest BCUT2D eigenvalue weighted by Gasteiger charge is -2.29. The largest absolute Gasteiger partial charge is 0.416 e.